The minimum atomic E-state index is -0.957. The number of aromatic nitrogens is 1. The molecule has 0 saturated heterocycles. The lowest BCUT2D eigenvalue weighted by Crippen LogP contribution is -2.09. The summed E-state index contributed by atoms with van der Waals surface area (Å²) in [6.45, 7) is 2.42. The number of hydrogen-bond donors (Lipinski definition) is 1. The first-order chi connectivity index (χ1) is 13.9. The van der Waals surface area contributed by atoms with Crippen LogP contribution in [0.25, 0.3) is 21.3 Å². The van der Waals surface area contributed by atoms with Crippen molar-refractivity contribution in [1.82, 2.24) is 4.57 Å². The first-order valence-electron chi connectivity index (χ1n) is 8.82. The quantitative estimate of drug-likeness (QED) is 0.368. The van der Waals surface area contributed by atoms with Gasteiger partial charge in [-0.1, -0.05) is 24.3 Å². The van der Waals surface area contributed by atoms with Crippen molar-refractivity contribution in [3.05, 3.63) is 75.0 Å². The average molecular weight is 474 g/mol. The molecule has 4 rings (SSSR count). The van der Waals surface area contributed by atoms with Gasteiger partial charge in [0.15, 0.2) is 0 Å². The van der Waals surface area contributed by atoms with Crippen molar-refractivity contribution < 1.29 is 19.0 Å². The number of aromatic carboxylic acids is 1. The molecule has 0 unspecified atom stereocenters. The maximum atomic E-state index is 13.8. The van der Waals surface area contributed by atoms with Gasteiger partial charge in [-0.05, 0) is 57.7 Å². The summed E-state index contributed by atoms with van der Waals surface area (Å²) in [5.74, 6) is -0.856. The van der Waals surface area contributed by atoms with E-state index >= 15 is 0 Å². The van der Waals surface area contributed by atoms with Crippen LogP contribution in [0, 0.1) is 12.7 Å². The Morgan fingerprint density at radius 3 is 2.55 bits per heavy atom. The molecule has 0 spiro atoms. The molecule has 2 heterocycles. The van der Waals surface area contributed by atoms with Crippen LogP contribution in [-0.2, 0) is 6.54 Å². The third kappa shape index (κ3) is 3.68. The summed E-state index contributed by atoms with van der Waals surface area (Å²) in [6.07, 6.45) is 0. The lowest BCUT2D eigenvalue weighted by Gasteiger charge is -2.10. The van der Waals surface area contributed by atoms with Crippen molar-refractivity contribution in [3.8, 4) is 16.9 Å². The summed E-state index contributed by atoms with van der Waals surface area (Å²) < 4.78 is 22.6. The second-order valence-electron chi connectivity index (χ2n) is 6.68. The fraction of sp³-hybridized carbons (Fsp3) is 0.136. The molecular formula is C22H17BrFNO3S. The van der Waals surface area contributed by atoms with Gasteiger partial charge < -0.3 is 14.4 Å². The average Bonchev–Trinajstić information content (AvgIpc) is 3.18. The molecule has 7 heteroatoms. The molecule has 2 aromatic heterocycles. The second kappa shape index (κ2) is 7.65. The standard InChI is InChI=1S/C22H17BrFNO3S/c1-12-20(23)21-19(29-12)10-18(22(26)27)25(21)11-13-3-5-14(6-4-13)15-7-16(24)9-17(8-15)28-2/h3-10H,11H2,1-2H3,(H,26,27). The highest BCUT2D eigenvalue weighted by Gasteiger charge is 2.20. The molecule has 0 saturated carbocycles. The summed E-state index contributed by atoms with van der Waals surface area (Å²) in [5, 5.41) is 9.61. The number of carboxylic acid groups (broad SMARTS) is 1. The van der Waals surface area contributed by atoms with Gasteiger partial charge in [-0.15, -0.1) is 11.3 Å². The summed E-state index contributed by atoms with van der Waals surface area (Å²) in [5.41, 5.74) is 3.68. The molecule has 29 heavy (non-hydrogen) atoms. The van der Waals surface area contributed by atoms with Gasteiger partial charge in [0.1, 0.15) is 17.3 Å². The zero-order valence-electron chi connectivity index (χ0n) is 15.7. The molecule has 0 bridgehead atoms. The zero-order chi connectivity index (χ0) is 20.7. The number of hydrogen-bond acceptors (Lipinski definition) is 3. The number of carboxylic acids is 1. The van der Waals surface area contributed by atoms with Gasteiger partial charge in [0.2, 0.25) is 0 Å². The molecule has 0 aliphatic rings. The number of aryl methyl sites for hydroxylation is 1. The molecule has 148 valence electrons. The van der Waals surface area contributed by atoms with Crippen LogP contribution in [0.2, 0.25) is 0 Å². The molecule has 0 aliphatic heterocycles. The Morgan fingerprint density at radius 2 is 1.90 bits per heavy atom. The Labute approximate surface area is 179 Å². The van der Waals surface area contributed by atoms with E-state index < -0.39 is 5.97 Å². The van der Waals surface area contributed by atoms with E-state index in [0.29, 0.717) is 12.3 Å². The van der Waals surface area contributed by atoms with Crippen molar-refractivity contribution in [1.29, 1.82) is 0 Å². The fourth-order valence-electron chi connectivity index (χ4n) is 3.38. The van der Waals surface area contributed by atoms with E-state index in [0.717, 1.165) is 36.3 Å². The number of rotatable bonds is 5. The van der Waals surface area contributed by atoms with Gasteiger partial charge in [-0.2, -0.15) is 0 Å². The van der Waals surface area contributed by atoms with Crippen molar-refractivity contribution in [3.63, 3.8) is 0 Å². The van der Waals surface area contributed by atoms with Gasteiger partial charge in [-0.25, -0.2) is 9.18 Å². The number of halogens is 2. The molecule has 0 radical (unpaired) electrons. The highest BCUT2D eigenvalue weighted by molar-refractivity contribution is 9.10. The lowest BCUT2D eigenvalue weighted by molar-refractivity contribution is 0.0686. The normalized spacial score (nSPS) is 11.2. The number of fused-ring (bicyclic) bond motifs is 1. The minimum absolute atomic E-state index is 0.255. The molecule has 4 aromatic rings. The van der Waals surface area contributed by atoms with Crippen molar-refractivity contribution >= 4 is 43.5 Å². The van der Waals surface area contributed by atoms with Crippen LogP contribution in [0.15, 0.2) is 53.0 Å². The monoisotopic (exact) mass is 473 g/mol. The van der Waals surface area contributed by atoms with Crippen LogP contribution >= 0.6 is 27.3 Å². The molecule has 0 fully saturated rings. The summed E-state index contributed by atoms with van der Waals surface area (Å²) in [7, 11) is 1.50. The SMILES string of the molecule is COc1cc(F)cc(-c2ccc(Cn3c(C(=O)O)cc4sc(C)c(Br)c43)cc2)c1. The predicted octanol–water partition coefficient (Wildman–Crippen LogP) is 6.33. The first kappa shape index (κ1) is 19.7. The Morgan fingerprint density at radius 1 is 1.17 bits per heavy atom. The van der Waals surface area contributed by atoms with Crippen LogP contribution < -0.4 is 4.74 Å². The third-order valence-electron chi connectivity index (χ3n) is 4.80. The fourth-order valence-corrected chi connectivity index (χ4v) is 5.18. The maximum absolute atomic E-state index is 13.8. The maximum Gasteiger partial charge on any atom is 0.352 e. The van der Waals surface area contributed by atoms with Crippen molar-refractivity contribution in [2.45, 2.75) is 13.5 Å². The van der Waals surface area contributed by atoms with E-state index in [2.05, 4.69) is 15.9 Å². The number of nitrogens with zero attached hydrogens (tertiary/aromatic N) is 1. The van der Waals surface area contributed by atoms with Gasteiger partial charge >= 0.3 is 5.97 Å². The van der Waals surface area contributed by atoms with E-state index in [1.165, 1.54) is 19.2 Å². The van der Waals surface area contributed by atoms with E-state index in [-0.39, 0.29) is 11.5 Å². The molecular weight excluding hydrogens is 457 g/mol. The summed E-state index contributed by atoms with van der Waals surface area (Å²) in [4.78, 5) is 12.8. The van der Waals surface area contributed by atoms with Gasteiger partial charge in [0.05, 0.1) is 21.8 Å². The number of thiophene rings is 1. The van der Waals surface area contributed by atoms with Crippen LogP contribution in [0.1, 0.15) is 20.9 Å². The van der Waals surface area contributed by atoms with Crippen LogP contribution in [0.5, 0.6) is 5.75 Å². The second-order valence-corrected chi connectivity index (χ2v) is 8.73. The minimum Gasteiger partial charge on any atom is -0.497 e. The van der Waals surface area contributed by atoms with Gasteiger partial charge in [0.25, 0.3) is 0 Å². The first-order valence-corrected chi connectivity index (χ1v) is 10.4. The number of carbonyl (C=O) groups is 1. The molecule has 0 atom stereocenters. The van der Waals surface area contributed by atoms with E-state index in [9.17, 15) is 14.3 Å². The molecule has 2 aromatic carbocycles. The zero-order valence-corrected chi connectivity index (χ0v) is 18.1. The number of methoxy groups -OCH3 is 1. The molecule has 0 aliphatic carbocycles. The molecule has 4 nitrogen and oxygen atoms in total. The van der Waals surface area contributed by atoms with E-state index in [1.54, 1.807) is 23.5 Å². The molecule has 0 amide bonds. The van der Waals surface area contributed by atoms with Gasteiger partial charge in [0, 0.05) is 17.5 Å². The highest BCUT2D eigenvalue weighted by Crippen LogP contribution is 2.37. The van der Waals surface area contributed by atoms with Crippen molar-refractivity contribution in [2.24, 2.45) is 0 Å². The largest absolute Gasteiger partial charge is 0.497 e. The van der Waals surface area contributed by atoms with Crippen molar-refractivity contribution in [2.75, 3.05) is 7.11 Å². The van der Waals surface area contributed by atoms with E-state index in [4.69, 9.17) is 4.74 Å². The third-order valence-corrected chi connectivity index (χ3v) is 7.07. The lowest BCUT2D eigenvalue weighted by atomic mass is 10.0. The Bertz CT molecular complexity index is 1230. The highest BCUT2D eigenvalue weighted by atomic mass is 79.9. The number of benzene rings is 2. The molecule has 1 N–H and O–H groups in total. The van der Waals surface area contributed by atoms with Crippen LogP contribution in [0.3, 0.4) is 0 Å². The Hall–Kier alpha value is -2.64. The summed E-state index contributed by atoms with van der Waals surface area (Å²) >= 11 is 5.16. The van der Waals surface area contributed by atoms with Crippen LogP contribution in [0.4, 0.5) is 4.39 Å². The van der Waals surface area contributed by atoms with E-state index in [1.807, 2.05) is 35.8 Å². The van der Waals surface area contributed by atoms with Gasteiger partial charge in [-0.3, -0.25) is 0 Å². The smallest absolute Gasteiger partial charge is 0.352 e. The predicted molar refractivity (Wildman–Crippen MR) is 117 cm³/mol. The Kier molecular flexibility index (Phi) is 5.19. The Balaban J connectivity index is 1.70. The van der Waals surface area contributed by atoms with Crippen LogP contribution in [-0.4, -0.2) is 22.8 Å². The topological polar surface area (TPSA) is 51.5 Å². The summed E-state index contributed by atoms with van der Waals surface area (Å²) in [6, 6.07) is 13.9. The number of ether oxygens (including phenoxy) is 1.